The minimum atomic E-state index is 0.734. The zero-order chi connectivity index (χ0) is 17.9. The molecule has 2 N–H and O–H groups in total. The minimum absolute atomic E-state index is 0.734. The summed E-state index contributed by atoms with van der Waals surface area (Å²) >= 11 is 6.04. The van der Waals surface area contributed by atoms with Gasteiger partial charge < -0.3 is 5.73 Å². The lowest BCUT2D eigenvalue weighted by molar-refractivity contribution is 1.57. The molecule has 0 atom stereocenters. The van der Waals surface area contributed by atoms with Gasteiger partial charge in [0, 0.05) is 10.7 Å². The summed E-state index contributed by atoms with van der Waals surface area (Å²) < 4.78 is 0. The summed E-state index contributed by atoms with van der Waals surface area (Å²) in [5.41, 5.74) is 13.8. The first-order chi connectivity index (χ1) is 12.7. The second kappa shape index (κ2) is 7.07. The van der Waals surface area contributed by atoms with Gasteiger partial charge in [-0.15, -0.1) is 0 Å². The molecule has 4 aromatic rings. The number of nitrogen functional groups attached to an aromatic ring is 1. The summed E-state index contributed by atoms with van der Waals surface area (Å²) in [6, 6.07) is 32.9. The molecule has 26 heavy (non-hydrogen) atoms. The van der Waals surface area contributed by atoms with Gasteiger partial charge in [0.1, 0.15) is 0 Å². The Morgan fingerprint density at radius 3 is 1.73 bits per heavy atom. The van der Waals surface area contributed by atoms with Gasteiger partial charge >= 0.3 is 0 Å². The molecule has 2 heteroatoms. The third-order valence-corrected chi connectivity index (χ3v) is 4.75. The van der Waals surface area contributed by atoms with Crippen LogP contribution >= 0.6 is 11.6 Å². The molecule has 0 aliphatic rings. The molecule has 1 nitrogen and oxygen atoms in total. The van der Waals surface area contributed by atoms with Gasteiger partial charge in [0.2, 0.25) is 0 Å². The number of hydrogen-bond donors (Lipinski definition) is 1. The van der Waals surface area contributed by atoms with Crippen molar-refractivity contribution in [3.05, 3.63) is 102 Å². The van der Waals surface area contributed by atoms with Crippen LogP contribution in [0.1, 0.15) is 0 Å². The molecular formula is C24H18ClN. The van der Waals surface area contributed by atoms with Crippen LogP contribution in [0.5, 0.6) is 0 Å². The third kappa shape index (κ3) is 3.35. The fourth-order valence-corrected chi connectivity index (χ4v) is 3.28. The summed E-state index contributed by atoms with van der Waals surface area (Å²) in [4.78, 5) is 0. The molecule has 0 saturated heterocycles. The monoisotopic (exact) mass is 355 g/mol. The van der Waals surface area contributed by atoms with Gasteiger partial charge in [-0.3, -0.25) is 0 Å². The predicted molar refractivity (Wildman–Crippen MR) is 112 cm³/mol. The first-order valence-electron chi connectivity index (χ1n) is 8.52. The zero-order valence-electron chi connectivity index (χ0n) is 14.2. The number of nitrogens with two attached hydrogens (primary N) is 1. The smallest absolute Gasteiger partial charge is 0.0406 e. The molecule has 0 bridgehead atoms. The van der Waals surface area contributed by atoms with E-state index in [0.29, 0.717) is 0 Å². The van der Waals surface area contributed by atoms with Crippen LogP contribution in [0.3, 0.4) is 0 Å². The van der Waals surface area contributed by atoms with Crippen LogP contribution < -0.4 is 5.73 Å². The van der Waals surface area contributed by atoms with Crippen molar-refractivity contribution in [3.63, 3.8) is 0 Å². The van der Waals surface area contributed by atoms with Crippen LogP contribution in [0.4, 0.5) is 5.69 Å². The van der Waals surface area contributed by atoms with Crippen molar-refractivity contribution in [2.75, 3.05) is 5.73 Å². The van der Waals surface area contributed by atoms with Crippen molar-refractivity contribution in [1.82, 2.24) is 0 Å². The fraction of sp³-hybridized carbons (Fsp3) is 0. The van der Waals surface area contributed by atoms with Gasteiger partial charge in [0.15, 0.2) is 0 Å². The molecule has 0 aliphatic heterocycles. The van der Waals surface area contributed by atoms with Crippen LogP contribution in [-0.4, -0.2) is 0 Å². The summed E-state index contributed by atoms with van der Waals surface area (Å²) in [6.07, 6.45) is 0. The average Bonchev–Trinajstić information content (AvgIpc) is 2.70. The van der Waals surface area contributed by atoms with Gasteiger partial charge in [-0.2, -0.15) is 0 Å². The summed E-state index contributed by atoms with van der Waals surface area (Å²) in [5.74, 6) is 0. The number of anilines is 1. The highest BCUT2D eigenvalue weighted by Gasteiger charge is 2.09. The Hall–Kier alpha value is -3.03. The van der Waals surface area contributed by atoms with Crippen molar-refractivity contribution < 1.29 is 0 Å². The lowest BCUT2D eigenvalue weighted by Crippen LogP contribution is -1.90. The number of benzene rings is 4. The van der Waals surface area contributed by atoms with Crippen LogP contribution in [0.2, 0.25) is 5.02 Å². The van der Waals surface area contributed by atoms with E-state index in [9.17, 15) is 0 Å². The Morgan fingerprint density at radius 1 is 0.500 bits per heavy atom. The van der Waals surface area contributed by atoms with E-state index in [1.165, 1.54) is 11.1 Å². The molecule has 0 amide bonds. The fourth-order valence-electron chi connectivity index (χ4n) is 3.15. The Kier molecular flexibility index (Phi) is 4.47. The molecular weight excluding hydrogens is 338 g/mol. The van der Waals surface area contributed by atoms with Gasteiger partial charge in [0.25, 0.3) is 0 Å². The molecule has 0 spiro atoms. The molecule has 4 rings (SSSR count). The molecule has 4 aromatic carbocycles. The first kappa shape index (κ1) is 16.4. The van der Waals surface area contributed by atoms with E-state index < -0.39 is 0 Å². The van der Waals surface area contributed by atoms with Crippen molar-refractivity contribution >= 4 is 17.3 Å². The van der Waals surface area contributed by atoms with Crippen LogP contribution in [0.15, 0.2) is 97.1 Å². The molecule has 0 unspecified atom stereocenters. The quantitative estimate of drug-likeness (QED) is 0.396. The Labute approximate surface area is 158 Å². The standard InChI is InChI=1S/C24H18ClN/c25-21-12-10-19(11-13-21)23-15-14-22(26)16-24(23)20-8-6-18(7-9-20)17-4-2-1-3-5-17/h1-16H,26H2. The minimum Gasteiger partial charge on any atom is -0.399 e. The van der Waals surface area contributed by atoms with E-state index in [0.717, 1.165) is 33.0 Å². The highest BCUT2D eigenvalue weighted by Crippen LogP contribution is 2.35. The van der Waals surface area contributed by atoms with E-state index in [-0.39, 0.29) is 0 Å². The maximum absolute atomic E-state index is 6.07. The number of halogens is 1. The zero-order valence-corrected chi connectivity index (χ0v) is 14.9. The van der Waals surface area contributed by atoms with E-state index in [4.69, 9.17) is 17.3 Å². The SMILES string of the molecule is Nc1ccc(-c2ccc(Cl)cc2)c(-c2ccc(-c3ccccc3)cc2)c1. The van der Waals surface area contributed by atoms with E-state index in [1.807, 2.05) is 42.5 Å². The molecule has 0 aliphatic carbocycles. The van der Waals surface area contributed by atoms with Crippen LogP contribution in [0, 0.1) is 0 Å². The Morgan fingerprint density at radius 2 is 1.04 bits per heavy atom. The maximum Gasteiger partial charge on any atom is 0.0406 e. The highest BCUT2D eigenvalue weighted by atomic mass is 35.5. The van der Waals surface area contributed by atoms with Crippen LogP contribution in [0.25, 0.3) is 33.4 Å². The van der Waals surface area contributed by atoms with Crippen molar-refractivity contribution in [1.29, 1.82) is 0 Å². The second-order valence-electron chi connectivity index (χ2n) is 6.26. The van der Waals surface area contributed by atoms with Crippen molar-refractivity contribution in [3.8, 4) is 33.4 Å². The van der Waals surface area contributed by atoms with E-state index >= 15 is 0 Å². The largest absolute Gasteiger partial charge is 0.399 e. The summed E-state index contributed by atoms with van der Waals surface area (Å²) in [7, 11) is 0. The first-order valence-corrected chi connectivity index (χ1v) is 8.90. The van der Waals surface area contributed by atoms with Gasteiger partial charge in [-0.05, 0) is 57.6 Å². The van der Waals surface area contributed by atoms with E-state index in [2.05, 4.69) is 54.6 Å². The topological polar surface area (TPSA) is 26.0 Å². The third-order valence-electron chi connectivity index (χ3n) is 4.50. The number of hydrogen-bond acceptors (Lipinski definition) is 1. The van der Waals surface area contributed by atoms with Gasteiger partial charge in [-0.25, -0.2) is 0 Å². The van der Waals surface area contributed by atoms with E-state index in [1.54, 1.807) is 0 Å². The van der Waals surface area contributed by atoms with Crippen molar-refractivity contribution in [2.45, 2.75) is 0 Å². The van der Waals surface area contributed by atoms with Crippen molar-refractivity contribution in [2.24, 2.45) is 0 Å². The number of rotatable bonds is 3. The predicted octanol–water partition coefficient (Wildman–Crippen LogP) is 6.92. The van der Waals surface area contributed by atoms with Gasteiger partial charge in [0.05, 0.1) is 0 Å². The highest BCUT2D eigenvalue weighted by molar-refractivity contribution is 6.30. The normalized spacial score (nSPS) is 10.7. The molecule has 126 valence electrons. The molecule has 0 saturated carbocycles. The lowest BCUT2D eigenvalue weighted by atomic mass is 9.93. The molecule has 0 fully saturated rings. The Bertz CT molecular complexity index is 1020. The molecule has 0 radical (unpaired) electrons. The Balaban J connectivity index is 1.78. The van der Waals surface area contributed by atoms with Crippen LogP contribution in [-0.2, 0) is 0 Å². The molecule has 0 heterocycles. The van der Waals surface area contributed by atoms with Gasteiger partial charge in [-0.1, -0.05) is 84.4 Å². The summed E-state index contributed by atoms with van der Waals surface area (Å²) in [6.45, 7) is 0. The summed E-state index contributed by atoms with van der Waals surface area (Å²) in [5, 5.41) is 0.734. The lowest BCUT2D eigenvalue weighted by Gasteiger charge is -2.12. The maximum atomic E-state index is 6.07. The average molecular weight is 356 g/mol. The second-order valence-corrected chi connectivity index (χ2v) is 6.69. The molecule has 0 aromatic heterocycles.